The molecule has 1 atom stereocenters. The molecule has 1 aliphatic heterocycles. The lowest BCUT2D eigenvalue weighted by Crippen LogP contribution is -2.50. The highest BCUT2D eigenvalue weighted by Gasteiger charge is 2.30. The number of sulfonamides is 1. The lowest BCUT2D eigenvalue weighted by molar-refractivity contribution is -0.142. The molecular formula is C34H34FN5O6S2. The largest absolute Gasteiger partial charge is 0.466 e. The number of nitrogens with one attached hydrogen (secondary N) is 3. The first-order chi connectivity index (χ1) is 22.9. The molecule has 5 N–H and O–H groups in total. The maximum atomic E-state index is 14.0. The Morgan fingerprint density at radius 1 is 1.02 bits per heavy atom. The fourth-order valence-electron chi connectivity index (χ4n) is 5.26. The number of ether oxygens (including phenoxy) is 1. The van der Waals surface area contributed by atoms with E-state index in [0.29, 0.717) is 37.2 Å². The Labute approximate surface area is 281 Å². The lowest BCUT2D eigenvalue weighted by atomic mass is 10.0. The zero-order valence-corrected chi connectivity index (χ0v) is 27.6. The van der Waals surface area contributed by atoms with Gasteiger partial charge < -0.3 is 20.7 Å². The Morgan fingerprint density at radius 3 is 2.33 bits per heavy atom. The number of nitrogens with zero attached hydrogens (tertiary/aromatic N) is 1. The summed E-state index contributed by atoms with van der Waals surface area (Å²) in [4.78, 5) is 42.9. The molecule has 5 rings (SSSR count). The molecule has 3 aromatic carbocycles. The highest BCUT2D eigenvalue weighted by molar-refractivity contribution is 7.92. The minimum Gasteiger partial charge on any atom is -0.466 e. The molecule has 0 saturated heterocycles. The van der Waals surface area contributed by atoms with E-state index < -0.39 is 27.8 Å². The number of rotatable bonds is 12. The molecule has 48 heavy (non-hydrogen) atoms. The first kappa shape index (κ1) is 34.3. The van der Waals surface area contributed by atoms with Crippen molar-refractivity contribution >= 4 is 50.7 Å². The third kappa shape index (κ3) is 8.44. The van der Waals surface area contributed by atoms with Crippen molar-refractivity contribution in [3.8, 4) is 0 Å². The van der Waals surface area contributed by atoms with E-state index in [9.17, 15) is 27.2 Å². The van der Waals surface area contributed by atoms with Gasteiger partial charge in [-0.25, -0.2) is 12.8 Å². The second kappa shape index (κ2) is 14.8. The van der Waals surface area contributed by atoms with E-state index in [2.05, 4.69) is 10.0 Å². The summed E-state index contributed by atoms with van der Waals surface area (Å²) >= 11 is 1.53. The molecule has 0 bridgehead atoms. The number of nitrogens with two attached hydrogens (primary N) is 1. The standard InChI is InChI=1S/C34H34FN5O6S2/c1-2-46-31(41)19-27-18-24-20-40(16-15-30(24)47-27)34(43)29(38-33(42)23-7-5-22(6-8-23)32(36)37)17-21-3-11-26(12-4-21)39-48(44,45)28-13-9-25(35)10-14-28/h3-14,18,29,39H,2,15-17,19-20H2,1H3,(H3,36,37)(H,38,42)/t29-/m0/s1. The molecule has 0 unspecified atom stereocenters. The average molecular weight is 692 g/mol. The number of carbonyl (C=O) groups is 3. The summed E-state index contributed by atoms with van der Waals surface area (Å²) in [5, 5.41) is 10.5. The van der Waals surface area contributed by atoms with Crippen molar-refractivity contribution in [1.29, 1.82) is 5.41 Å². The molecule has 0 spiro atoms. The van der Waals surface area contributed by atoms with Gasteiger partial charge >= 0.3 is 5.97 Å². The number of halogens is 1. The third-order valence-corrected chi connectivity index (χ3v) is 10.3. The number of nitrogen functional groups attached to an aromatic ring is 1. The predicted octanol–water partition coefficient (Wildman–Crippen LogP) is 4.00. The summed E-state index contributed by atoms with van der Waals surface area (Å²) in [7, 11) is -3.96. The molecule has 2 amide bonds. The summed E-state index contributed by atoms with van der Waals surface area (Å²) in [5.74, 6) is -1.79. The molecule has 11 nitrogen and oxygen atoms in total. The minimum atomic E-state index is -3.96. The van der Waals surface area contributed by atoms with Crippen LogP contribution in [0.4, 0.5) is 10.1 Å². The van der Waals surface area contributed by atoms with E-state index in [1.807, 2.05) is 6.07 Å². The van der Waals surface area contributed by atoms with Gasteiger partial charge in [0.15, 0.2) is 0 Å². The topological polar surface area (TPSA) is 172 Å². The lowest BCUT2D eigenvalue weighted by Gasteiger charge is -2.31. The Hall–Kier alpha value is -5.08. The van der Waals surface area contributed by atoms with Gasteiger partial charge in [0.2, 0.25) is 5.91 Å². The zero-order valence-electron chi connectivity index (χ0n) is 26.0. The summed E-state index contributed by atoms with van der Waals surface area (Å²) < 4.78 is 46.3. The number of hydrogen-bond acceptors (Lipinski definition) is 8. The molecule has 0 fully saturated rings. The summed E-state index contributed by atoms with van der Waals surface area (Å²) in [6, 6.07) is 18.0. The molecular weight excluding hydrogens is 658 g/mol. The van der Waals surface area contributed by atoms with Gasteiger partial charge in [-0.1, -0.05) is 24.3 Å². The van der Waals surface area contributed by atoms with E-state index in [1.54, 1.807) is 48.2 Å². The van der Waals surface area contributed by atoms with Crippen LogP contribution in [0.2, 0.25) is 0 Å². The molecule has 1 aromatic heterocycles. The Bertz CT molecular complexity index is 1930. The number of amides is 2. The van der Waals surface area contributed by atoms with E-state index >= 15 is 0 Å². The van der Waals surface area contributed by atoms with E-state index in [0.717, 1.165) is 27.5 Å². The molecule has 0 aliphatic carbocycles. The van der Waals surface area contributed by atoms with Crippen molar-refractivity contribution < 1.29 is 31.9 Å². The molecule has 2 heterocycles. The number of esters is 1. The van der Waals surface area contributed by atoms with Gasteiger partial charge in [-0.3, -0.25) is 24.5 Å². The SMILES string of the molecule is CCOC(=O)Cc1cc2c(s1)CCN(C(=O)[C@H](Cc1ccc(NS(=O)(=O)c3ccc(F)cc3)cc1)NC(=O)c1ccc(C(=N)N)cc1)C2. The highest BCUT2D eigenvalue weighted by atomic mass is 32.2. The fourth-order valence-corrected chi connectivity index (χ4v) is 7.47. The van der Waals surface area contributed by atoms with Crippen LogP contribution in [0.1, 0.15) is 43.7 Å². The maximum Gasteiger partial charge on any atom is 0.311 e. The molecule has 0 radical (unpaired) electrons. The number of amidine groups is 1. The van der Waals surface area contributed by atoms with Gasteiger partial charge in [0.25, 0.3) is 15.9 Å². The maximum absolute atomic E-state index is 14.0. The minimum absolute atomic E-state index is 0.0963. The quantitative estimate of drug-likeness (QED) is 0.0988. The first-order valence-corrected chi connectivity index (χ1v) is 17.4. The Kier molecular flexibility index (Phi) is 10.5. The average Bonchev–Trinajstić information content (AvgIpc) is 3.46. The second-order valence-corrected chi connectivity index (χ2v) is 14.0. The molecule has 4 aromatic rings. The number of fused-ring (bicyclic) bond motifs is 1. The van der Waals surface area contributed by atoms with Crippen molar-refractivity contribution in [2.24, 2.45) is 5.73 Å². The second-order valence-electron chi connectivity index (χ2n) is 11.1. The van der Waals surface area contributed by atoms with Crippen LogP contribution in [-0.4, -0.2) is 56.1 Å². The van der Waals surface area contributed by atoms with E-state index in [4.69, 9.17) is 15.9 Å². The molecule has 250 valence electrons. The summed E-state index contributed by atoms with van der Waals surface area (Å²) in [6.45, 7) is 2.80. The van der Waals surface area contributed by atoms with Gasteiger partial charge in [-0.05, 0) is 79.1 Å². The molecule has 0 saturated carbocycles. The van der Waals surface area contributed by atoms with Crippen molar-refractivity contribution in [1.82, 2.24) is 10.2 Å². The van der Waals surface area contributed by atoms with Gasteiger partial charge in [0, 0.05) is 46.1 Å². The summed E-state index contributed by atoms with van der Waals surface area (Å²) in [6.07, 6.45) is 0.878. The van der Waals surface area contributed by atoms with Crippen molar-refractivity contribution in [3.05, 3.63) is 117 Å². The van der Waals surface area contributed by atoms with Crippen molar-refractivity contribution in [3.63, 3.8) is 0 Å². The number of benzene rings is 3. The first-order valence-electron chi connectivity index (χ1n) is 15.1. The van der Waals surface area contributed by atoms with Crippen LogP contribution >= 0.6 is 11.3 Å². The van der Waals surface area contributed by atoms with Crippen LogP contribution in [0.3, 0.4) is 0 Å². The van der Waals surface area contributed by atoms with E-state index in [1.165, 1.54) is 35.6 Å². The fraction of sp³-hybridized carbons (Fsp3) is 0.235. The Morgan fingerprint density at radius 2 is 1.69 bits per heavy atom. The Balaban J connectivity index is 1.33. The van der Waals surface area contributed by atoms with Gasteiger partial charge in [-0.15, -0.1) is 11.3 Å². The smallest absolute Gasteiger partial charge is 0.311 e. The number of hydrogen-bond donors (Lipinski definition) is 4. The van der Waals surface area contributed by atoms with Crippen LogP contribution < -0.4 is 15.8 Å². The number of anilines is 1. The van der Waals surface area contributed by atoms with Gasteiger partial charge in [0.05, 0.1) is 17.9 Å². The normalized spacial score (nSPS) is 13.2. The predicted molar refractivity (Wildman–Crippen MR) is 180 cm³/mol. The van der Waals surface area contributed by atoms with Crippen LogP contribution in [0, 0.1) is 11.2 Å². The van der Waals surface area contributed by atoms with Crippen molar-refractivity contribution in [2.45, 2.75) is 43.7 Å². The van der Waals surface area contributed by atoms with Gasteiger partial charge in [0.1, 0.15) is 17.7 Å². The number of thiophene rings is 1. The van der Waals surface area contributed by atoms with Crippen molar-refractivity contribution in [2.75, 3.05) is 17.9 Å². The van der Waals surface area contributed by atoms with Crippen LogP contribution in [0.15, 0.2) is 83.8 Å². The highest BCUT2D eigenvalue weighted by Crippen LogP contribution is 2.29. The summed E-state index contributed by atoms with van der Waals surface area (Å²) in [5.41, 5.74) is 8.15. The van der Waals surface area contributed by atoms with Crippen LogP contribution in [0.25, 0.3) is 0 Å². The van der Waals surface area contributed by atoms with Gasteiger partial charge in [-0.2, -0.15) is 0 Å². The zero-order chi connectivity index (χ0) is 34.4. The monoisotopic (exact) mass is 691 g/mol. The number of carbonyl (C=O) groups excluding carboxylic acids is 3. The van der Waals surface area contributed by atoms with E-state index in [-0.39, 0.29) is 46.7 Å². The molecule has 14 heteroatoms. The third-order valence-electron chi connectivity index (χ3n) is 7.68. The van der Waals surface area contributed by atoms with Crippen LogP contribution in [-0.2, 0) is 50.2 Å². The molecule has 1 aliphatic rings. The van der Waals surface area contributed by atoms with Crippen LogP contribution in [0.5, 0.6) is 0 Å².